The maximum atomic E-state index is 13.5. The summed E-state index contributed by atoms with van der Waals surface area (Å²) in [5, 5.41) is 0.886. The zero-order chi connectivity index (χ0) is 20.4. The Hall–Kier alpha value is -2.80. The number of amides is 1. The Morgan fingerprint density at radius 3 is 2.72 bits per heavy atom. The Morgan fingerprint density at radius 2 is 2.00 bits per heavy atom. The summed E-state index contributed by atoms with van der Waals surface area (Å²) in [4.78, 5) is 21.4. The minimum atomic E-state index is -0.392. The molecule has 2 heterocycles. The summed E-state index contributed by atoms with van der Waals surface area (Å²) < 4.78 is 18.0. The van der Waals surface area contributed by atoms with E-state index in [2.05, 4.69) is 40.5 Å². The molecule has 0 aliphatic carbocycles. The highest BCUT2D eigenvalue weighted by Crippen LogP contribution is 2.23. The first kappa shape index (κ1) is 19.5. The predicted octanol–water partition coefficient (Wildman–Crippen LogP) is 3.93. The number of carbonyl (C=O) groups is 1. The van der Waals surface area contributed by atoms with Gasteiger partial charge in [0.25, 0.3) is 5.91 Å². The molecule has 0 N–H and O–H groups in total. The van der Waals surface area contributed by atoms with Crippen molar-refractivity contribution in [1.29, 1.82) is 0 Å². The smallest absolute Gasteiger partial charge is 0.254 e. The first-order chi connectivity index (χ1) is 14.0. The highest BCUT2D eigenvalue weighted by Gasteiger charge is 2.29. The molecule has 4 rings (SSSR count). The molecule has 7 heteroatoms. The second-order valence-electron chi connectivity index (χ2n) is 7.46. The van der Waals surface area contributed by atoms with Crippen LogP contribution < -0.4 is 4.90 Å². The van der Waals surface area contributed by atoms with E-state index in [-0.39, 0.29) is 11.9 Å². The number of carbonyl (C=O) groups excluding carboxylic acids is 1. The Labute approximate surface area is 174 Å². The van der Waals surface area contributed by atoms with Crippen LogP contribution in [-0.2, 0) is 6.42 Å². The molecule has 1 atom stereocenters. The first-order valence-electron chi connectivity index (χ1n) is 9.69. The van der Waals surface area contributed by atoms with Crippen LogP contribution in [0.1, 0.15) is 34.2 Å². The summed E-state index contributed by atoms with van der Waals surface area (Å²) in [6.45, 7) is 6.02. The van der Waals surface area contributed by atoms with Gasteiger partial charge < -0.3 is 9.80 Å². The molecule has 0 bridgehead atoms. The average Bonchev–Trinajstić information content (AvgIpc) is 3.18. The monoisotopic (exact) mass is 410 g/mol. The number of nitrogens with zero attached hydrogens (tertiary/aromatic N) is 4. The molecule has 150 valence electrons. The summed E-state index contributed by atoms with van der Waals surface area (Å²) in [6.07, 6.45) is 0.713. The van der Waals surface area contributed by atoms with Crippen LogP contribution in [0.25, 0.3) is 0 Å². The van der Waals surface area contributed by atoms with Crippen molar-refractivity contribution in [2.45, 2.75) is 26.3 Å². The third kappa shape index (κ3) is 4.45. The molecule has 0 saturated carbocycles. The van der Waals surface area contributed by atoms with E-state index >= 15 is 0 Å². The Bertz CT molecular complexity index is 1000. The van der Waals surface area contributed by atoms with Crippen molar-refractivity contribution in [1.82, 2.24) is 14.3 Å². The molecular formula is C22H23FN4OS. The molecule has 1 amide bonds. The van der Waals surface area contributed by atoms with Gasteiger partial charge in [-0.05, 0) is 37.6 Å². The van der Waals surface area contributed by atoms with Crippen molar-refractivity contribution < 1.29 is 9.18 Å². The van der Waals surface area contributed by atoms with Crippen LogP contribution in [-0.4, -0.2) is 45.8 Å². The minimum absolute atomic E-state index is 0.00367. The quantitative estimate of drug-likeness (QED) is 0.654. The number of hydrogen-bond acceptors (Lipinski definition) is 5. The summed E-state index contributed by atoms with van der Waals surface area (Å²) in [5.74, 6) is 0.297. The molecule has 0 unspecified atom stereocenters. The van der Waals surface area contributed by atoms with Crippen molar-refractivity contribution in [3.05, 3.63) is 76.9 Å². The van der Waals surface area contributed by atoms with Gasteiger partial charge in [0.05, 0.1) is 0 Å². The van der Waals surface area contributed by atoms with Gasteiger partial charge >= 0.3 is 0 Å². The second kappa shape index (κ2) is 8.29. The Balaban J connectivity index is 1.40. The second-order valence-corrected chi connectivity index (χ2v) is 8.19. The lowest BCUT2D eigenvalue weighted by molar-refractivity contribution is 0.0673. The summed E-state index contributed by atoms with van der Waals surface area (Å²) in [6, 6.07) is 14.3. The lowest BCUT2D eigenvalue weighted by Crippen LogP contribution is -2.54. The zero-order valence-electron chi connectivity index (χ0n) is 16.5. The highest BCUT2D eigenvalue weighted by atomic mass is 32.1. The Morgan fingerprint density at radius 1 is 1.21 bits per heavy atom. The van der Waals surface area contributed by atoms with Crippen LogP contribution in [0.5, 0.6) is 0 Å². The maximum absolute atomic E-state index is 13.5. The molecule has 0 radical (unpaired) electrons. The van der Waals surface area contributed by atoms with Crippen LogP contribution in [0.15, 0.2) is 48.5 Å². The molecule has 1 aliphatic heterocycles. The number of anilines is 1. The number of halogens is 1. The van der Waals surface area contributed by atoms with E-state index in [1.54, 1.807) is 17.0 Å². The number of benzene rings is 2. The van der Waals surface area contributed by atoms with Crippen molar-refractivity contribution >= 4 is 22.6 Å². The van der Waals surface area contributed by atoms with Gasteiger partial charge in [-0.2, -0.15) is 4.37 Å². The SMILES string of the molecule is Cc1ccc(Cc2nsc(N3CCN(C(=O)c4cccc(F)c4)[C@H](C)C3)n2)cc1. The molecule has 1 fully saturated rings. The van der Waals surface area contributed by atoms with Crippen LogP contribution >= 0.6 is 11.5 Å². The fraction of sp³-hybridized carbons (Fsp3) is 0.318. The number of aromatic nitrogens is 2. The van der Waals surface area contributed by atoms with Gasteiger partial charge in [0.2, 0.25) is 5.13 Å². The number of aryl methyl sites for hydroxylation is 1. The molecule has 1 aliphatic rings. The summed E-state index contributed by atoms with van der Waals surface area (Å²) >= 11 is 1.40. The topological polar surface area (TPSA) is 49.3 Å². The first-order valence-corrected chi connectivity index (χ1v) is 10.5. The van der Waals surface area contributed by atoms with Crippen molar-refractivity contribution in [3.63, 3.8) is 0 Å². The van der Waals surface area contributed by atoms with E-state index in [0.29, 0.717) is 31.6 Å². The van der Waals surface area contributed by atoms with Gasteiger partial charge in [0.1, 0.15) is 11.6 Å². The number of rotatable bonds is 4. The summed E-state index contributed by atoms with van der Waals surface area (Å²) in [7, 11) is 0. The third-order valence-electron chi connectivity index (χ3n) is 5.17. The molecule has 29 heavy (non-hydrogen) atoms. The standard InChI is InChI=1S/C22H23FN4OS/c1-15-6-8-17(9-7-15)12-20-24-22(29-25-20)26-10-11-27(16(2)14-26)21(28)18-4-3-5-19(23)13-18/h3-9,13,16H,10-12,14H2,1-2H3/t16-/m1/s1. The lowest BCUT2D eigenvalue weighted by Gasteiger charge is -2.39. The molecule has 3 aromatic rings. The van der Waals surface area contributed by atoms with E-state index in [1.165, 1.54) is 34.8 Å². The zero-order valence-corrected chi connectivity index (χ0v) is 17.3. The number of hydrogen-bond donors (Lipinski definition) is 0. The summed E-state index contributed by atoms with van der Waals surface area (Å²) in [5.41, 5.74) is 2.82. The predicted molar refractivity (Wildman–Crippen MR) is 113 cm³/mol. The Kier molecular flexibility index (Phi) is 5.58. The fourth-order valence-corrected chi connectivity index (χ4v) is 4.27. The van der Waals surface area contributed by atoms with Gasteiger partial charge in [-0.1, -0.05) is 35.9 Å². The van der Waals surface area contributed by atoms with Crippen molar-refractivity contribution in [3.8, 4) is 0 Å². The van der Waals surface area contributed by atoms with Crippen LogP contribution in [0.2, 0.25) is 0 Å². The normalized spacial score (nSPS) is 16.9. The van der Waals surface area contributed by atoms with Gasteiger partial charge in [-0.25, -0.2) is 9.37 Å². The van der Waals surface area contributed by atoms with Crippen LogP contribution in [0, 0.1) is 12.7 Å². The van der Waals surface area contributed by atoms with Crippen molar-refractivity contribution in [2.75, 3.05) is 24.5 Å². The van der Waals surface area contributed by atoms with Gasteiger partial charge in [0, 0.05) is 49.2 Å². The highest BCUT2D eigenvalue weighted by molar-refractivity contribution is 7.09. The lowest BCUT2D eigenvalue weighted by atomic mass is 10.1. The van der Waals surface area contributed by atoms with Crippen LogP contribution in [0.3, 0.4) is 0 Å². The van der Waals surface area contributed by atoms with E-state index in [9.17, 15) is 9.18 Å². The molecule has 2 aromatic carbocycles. The molecule has 0 spiro atoms. The fourth-order valence-electron chi connectivity index (χ4n) is 3.55. The average molecular weight is 411 g/mol. The van der Waals surface area contributed by atoms with Crippen molar-refractivity contribution in [2.24, 2.45) is 0 Å². The molecule has 1 aromatic heterocycles. The molecular weight excluding hydrogens is 387 g/mol. The molecule has 1 saturated heterocycles. The number of piperazine rings is 1. The van der Waals surface area contributed by atoms with Gasteiger partial charge in [-0.15, -0.1) is 0 Å². The molecule has 5 nitrogen and oxygen atoms in total. The van der Waals surface area contributed by atoms with Crippen LogP contribution in [0.4, 0.5) is 9.52 Å². The van der Waals surface area contributed by atoms with E-state index < -0.39 is 5.82 Å². The third-order valence-corrected chi connectivity index (χ3v) is 5.99. The maximum Gasteiger partial charge on any atom is 0.254 e. The van der Waals surface area contributed by atoms with Gasteiger partial charge in [0.15, 0.2) is 0 Å². The minimum Gasteiger partial charge on any atom is -0.343 e. The van der Waals surface area contributed by atoms with E-state index in [1.807, 2.05) is 6.92 Å². The van der Waals surface area contributed by atoms with E-state index in [4.69, 9.17) is 4.98 Å². The van der Waals surface area contributed by atoms with Gasteiger partial charge in [-0.3, -0.25) is 4.79 Å². The largest absolute Gasteiger partial charge is 0.343 e. The van der Waals surface area contributed by atoms with E-state index in [0.717, 1.165) is 11.0 Å².